The van der Waals surface area contributed by atoms with E-state index in [9.17, 15) is 9.59 Å². The van der Waals surface area contributed by atoms with Gasteiger partial charge in [-0.25, -0.2) is 0 Å². The highest BCUT2D eigenvalue weighted by Crippen LogP contribution is 2.26. The van der Waals surface area contributed by atoms with Crippen molar-refractivity contribution < 1.29 is 18.8 Å². The van der Waals surface area contributed by atoms with Crippen LogP contribution in [0.5, 0.6) is 5.75 Å². The van der Waals surface area contributed by atoms with E-state index in [2.05, 4.69) is 26.0 Å². The predicted molar refractivity (Wildman–Crippen MR) is 106 cm³/mol. The minimum atomic E-state index is -0.433. The standard InChI is InChI=1S/C17H17N5O4S2/c1-3-25-12-6-4-11(5-7-12)18-14(23)9-27-17-21-20-16(28-17)19-15(24)13-8-10(2)26-22-13/h4-8H,3,9H2,1-2H3,(H,18,23)(H,19,20,24). The number of anilines is 2. The Hall–Kier alpha value is -2.92. The highest BCUT2D eigenvalue weighted by Gasteiger charge is 2.14. The summed E-state index contributed by atoms with van der Waals surface area (Å²) in [5, 5.41) is 17.2. The van der Waals surface area contributed by atoms with Crippen molar-refractivity contribution in [2.75, 3.05) is 23.0 Å². The quantitative estimate of drug-likeness (QED) is 0.422. The van der Waals surface area contributed by atoms with Crippen LogP contribution in [0.3, 0.4) is 0 Å². The molecule has 28 heavy (non-hydrogen) atoms. The number of aromatic nitrogens is 3. The molecule has 9 nitrogen and oxygen atoms in total. The Morgan fingerprint density at radius 1 is 1.21 bits per heavy atom. The van der Waals surface area contributed by atoms with Crippen LogP contribution in [0, 0.1) is 6.92 Å². The lowest BCUT2D eigenvalue weighted by Crippen LogP contribution is -2.13. The summed E-state index contributed by atoms with van der Waals surface area (Å²) in [6, 6.07) is 8.66. The molecule has 0 aliphatic rings. The van der Waals surface area contributed by atoms with Gasteiger partial charge in [-0.05, 0) is 38.1 Å². The number of carbonyl (C=O) groups is 2. The van der Waals surface area contributed by atoms with Crippen LogP contribution in [0.2, 0.25) is 0 Å². The van der Waals surface area contributed by atoms with Gasteiger partial charge in [-0.1, -0.05) is 28.3 Å². The summed E-state index contributed by atoms with van der Waals surface area (Å²) in [6.45, 7) is 4.19. The molecule has 0 spiro atoms. The number of thioether (sulfide) groups is 1. The molecule has 0 saturated carbocycles. The molecule has 3 rings (SSSR count). The van der Waals surface area contributed by atoms with E-state index < -0.39 is 5.91 Å². The second-order valence-corrected chi connectivity index (χ2v) is 7.64. The summed E-state index contributed by atoms with van der Waals surface area (Å²) >= 11 is 2.40. The number of ether oxygens (including phenoxy) is 1. The molecule has 0 atom stereocenters. The zero-order valence-corrected chi connectivity index (χ0v) is 16.7. The zero-order chi connectivity index (χ0) is 19.9. The van der Waals surface area contributed by atoms with Crippen LogP contribution < -0.4 is 15.4 Å². The van der Waals surface area contributed by atoms with Gasteiger partial charge in [0, 0.05) is 11.8 Å². The van der Waals surface area contributed by atoms with Crippen molar-refractivity contribution in [1.29, 1.82) is 0 Å². The molecular weight excluding hydrogens is 402 g/mol. The van der Waals surface area contributed by atoms with E-state index in [-0.39, 0.29) is 17.4 Å². The second kappa shape index (κ2) is 9.33. The Balaban J connectivity index is 1.47. The van der Waals surface area contributed by atoms with E-state index in [4.69, 9.17) is 9.26 Å². The smallest absolute Gasteiger partial charge is 0.279 e. The first kappa shape index (κ1) is 19.8. The number of nitrogens with zero attached hydrogens (tertiary/aromatic N) is 3. The van der Waals surface area contributed by atoms with Gasteiger partial charge < -0.3 is 14.6 Å². The van der Waals surface area contributed by atoms with E-state index in [1.807, 2.05) is 6.92 Å². The number of hydrogen-bond donors (Lipinski definition) is 2. The van der Waals surface area contributed by atoms with Crippen LogP contribution in [-0.2, 0) is 4.79 Å². The molecule has 2 N–H and O–H groups in total. The van der Waals surface area contributed by atoms with E-state index in [1.54, 1.807) is 31.2 Å². The fraction of sp³-hybridized carbons (Fsp3) is 0.235. The van der Waals surface area contributed by atoms with Crippen molar-refractivity contribution in [3.63, 3.8) is 0 Å². The van der Waals surface area contributed by atoms with E-state index in [1.165, 1.54) is 29.2 Å². The van der Waals surface area contributed by atoms with Crippen molar-refractivity contribution in [1.82, 2.24) is 15.4 Å². The number of aryl methyl sites for hydroxylation is 1. The molecule has 0 bridgehead atoms. The average molecular weight is 419 g/mol. The average Bonchev–Trinajstić information content (AvgIpc) is 3.31. The molecule has 2 heterocycles. The predicted octanol–water partition coefficient (Wildman–Crippen LogP) is 3.22. The summed E-state index contributed by atoms with van der Waals surface area (Å²) in [4.78, 5) is 24.1. The Morgan fingerprint density at radius 2 is 2.00 bits per heavy atom. The van der Waals surface area contributed by atoms with Crippen molar-refractivity contribution in [3.8, 4) is 5.75 Å². The number of hydrogen-bond acceptors (Lipinski definition) is 9. The van der Waals surface area contributed by atoms with E-state index in [0.717, 1.165) is 5.75 Å². The van der Waals surface area contributed by atoms with Gasteiger partial charge in [-0.2, -0.15) is 0 Å². The maximum atomic E-state index is 12.1. The Morgan fingerprint density at radius 3 is 2.68 bits per heavy atom. The van der Waals surface area contributed by atoms with Crippen LogP contribution in [0.15, 0.2) is 39.2 Å². The molecule has 1 aromatic carbocycles. The van der Waals surface area contributed by atoms with Gasteiger partial charge in [0.2, 0.25) is 11.0 Å². The number of rotatable bonds is 8. The van der Waals surface area contributed by atoms with Crippen molar-refractivity contribution in [3.05, 3.63) is 41.8 Å². The summed E-state index contributed by atoms with van der Waals surface area (Å²) < 4.78 is 10.8. The molecule has 2 aromatic heterocycles. The van der Waals surface area contributed by atoms with Crippen LogP contribution in [-0.4, -0.2) is 39.5 Å². The van der Waals surface area contributed by atoms with Gasteiger partial charge >= 0.3 is 0 Å². The second-order valence-electron chi connectivity index (χ2n) is 5.44. The molecule has 146 valence electrons. The highest BCUT2D eigenvalue weighted by atomic mass is 32.2. The lowest BCUT2D eigenvalue weighted by Gasteiger charge is -2.06. The largest absolute Gasteiger partial charge is 0.494 e. The molecule has 0 radical (unpaired) electrons. The minimum absolute atomic E-state index is 0.164. The van der Waals surface area contributed by atoms with E-state index in [0.29, 0.717) is 27.5 Å². The zero-order valence-electron chi connectivity index (χ0n) is 15.1. The molecule has 0 fully saturated rings. The fourth-order valence-corrected chi connectivity index (χ4v) is 3.63. The van der Waals surface area contributed by atoms with Gasteiger partial charge in [-0.15, -0.1) is 10.2 Å². The maximum Gasteiger partial charge on any atom is 0.279 e. The maximum absolute atomic E-state index is 12.1. The number of benzene rings is 1. The van der Waals surface area contributed by atoms with Crippen molar-refractivity contribution in [2.45, 2.75) is 18.2 Å². The third-order valence-corrected chi connectivity index (χ3v) is 5.24. The third kappa shape index (κ3) is 5.54. The highest BCUT2D eigenvalue weighted by molar-refractivity contribution is 8.01. The van der Waals surface area contributed by atoms with Crippen molar-refractivity contribution >= 4 is 45.7 Å². The van der Waals surface area contributed by atoms with Crippen LogP contribution in [0.4, 0.5) is 10.8 Å². The van der Waals surface area contributed by atoms with Gasteiger partial charge in [-0.3, -0.25) is 14.9 Å². The normalized spacial score (nSPS) is 10.5. The van der Waals surface area contributed by atoms with Crippen molar-refractivity contribution in [2.24, 2.45) is 0 Å². The summed E-state index contributed by atoms with van der Waals surface area (Å²) in [5.74, 6) is 0.847. The lowest BCUT2D eigenvalue weighted by molar-refractivity contribution is -0.113. The monoisotopic (exact) mass is 419 g/mol. The molecule has 11 heteroatoms. The molecule has 0 unspecified atom stereocenters. The molecule has 0 saturated heterocycles. The Kier molecular flexibility index (Phi) is 6.61. The first-order chi connectivity index (χ1) is 13.5. The van der Waals surface area contributed by atoms with E-state index >= 15 is 0 Å². The number of nitrogens with one attached hydrogen (secondary N) is 2. The SMILES string of the molecule is CCOc1ccc(NC(=O)CSc2nnc(NC(=O)c3cc(C)on3)s2)cc1. The van der Waals surface area contributed by atoms with Gasteiger partial charge in [0.1, 0.15) is 11.5 Å². The molecule has 3 aromatic rings. The Labute approximate surface area is 168 Å². The first-order valence-corrected chi connectivity index (χ1v) is 10.1. The van der Waals surface area contributed by atoms with Gasteiger partial charge in [0.05, 0.1) is 12.4 Å². The molecule has 0 aliphatic heterocycles. The topological polar surface area (TPSA) is 119 Å². The summed E-state index contributed by atoms with van der Waals surface area (Å²) in [6.07, 6.45) is 0. The number of carbonyl (C=O) groups excluding carboxylic acids is 2. The third-order valence-electron chi connectivity index (χ3n) is 3.26. The molecule has 2 amide bonds. The summed E-state index contributed by atoms with van der Waals surface area (Å²) in [5.41, 5.74) is 0.846. The lowest BCUT2D eigenvalue weighted by atomic mass is 10.3. The summed E-state index contributed by atoms with van der Waals surface area (Å²) in [7, 11) is 0. The van der Waals surface area contributed by atoms with Crippen LogP contribution >= 0.6 is 23.1 Å². The van der Waals surface area contributed by atoms with Gasteiger partial charge in [0.15, 0.2) is 10.0 Å². The molecular formula is C17H17N5O4S2. The Bertz CT molecular complexity index is 955. The van der Waals surface area contributed by atoms with Crippen LogP contribution in [0.1, 0.15) is 23.2 Å². The number of amides is 2. The molecule has 0 aliphatic carbocycles. The minimum Gasteiger partial charge on any atom is -0.494 e. The first-order valence-electron chi connectivity index (χ1n) is 8.27. The van der Waals surface area contributed by atoms with Crippen LogP contribution in [0.25, 0.3) is 0 Å². The fourth-order valence-electron chi connectivity index (χ4n) is 2.08. The van der Waals surface area contributed by atoms with Gasteiger partial charge in [0.25, 0.3) is 5.91 Å².